The van der Waals surface area contributed by atoms with Gasteiger partial charge in [-0.1, -0.05) is 18.5 Å². The fraction of sp³-hybridized carbons (Fsp3) is 0.412. The van der Waals surface area contributed by atoms with Gasteiger partial charge in [0.2, 0.25) is 0 Å². The Morgan fingerprint density at radius 3 is 2.58 bits per heavy atom. The molecule has 5 nitrogen and oxygen atoms in total. The Kier molecular flexibility index (Phi) is 6.18. The molecule has 1 aliphatic rings. The van der Waals surface area contributed by atoms with Crippen molar-refractivity contribution in [1.82, 2.24) is 4.90 Å². The first kappa shape index (κ1) is 18.7. The third-order valence-electron chi connectivity index (χ3n) is 3.63. The summed E-state index contributed by atoms with van der Waals surface area (Å²) < 4.78 is 11.2. The number of ether oxygens (including phenoxy) is 2. The van der Waals surface area contributed by atoms with Crippen molar-refractivity contribution in [1.29, 1.82) is 0 Å². The normalized spacial score (nSPS) is 17.5. The molecule has 0 bridgehead atoms. The smallest absolute Gasteiger partial charge is 0.293 e. The van der Waals surface area contributed by atoms with Gasteiger partial charge in [-0.25, -0.2) is 0 Å². The van der Waals surface area contributed by atoms with E-state index in [9.17, 15) is 9.59 Å². The van der Waals surface area contributed by atoms with Crippen molar-refractivity contribution >= 4 is 40.6 Å². The largest absolute Gasteiger partial charge is 0.493 e. The highest BCUT2D eigenvalue weighted by Gasteiger charge is 2.33. The van der Waals surface area contributed by atoms with Crippen LogP contribution in [0.15, 0.2) is 17.0 Å². The van der Waals surface area contributed by atoms with Crippen molar-refractivity contribution in [2.75, 3.05) is 13.7 Å². The quantitative estimate of drug-likeness (QED) is 0.687. The van der Waals surface area contributed by atoms with Crippen LogP contribution in [0.1, 0.15) is 32.8 Å². The van der Waals surface area contributed by atoms with Crippen molar-refractivity contribution in [2.45, 2.75) is 33.3 Å². The molecule has 1 heterocycles. The van der Waals surface area contributed by atoms with Crippen LogP contribution in [0, 0.1) is 0 Å². The molecule has 0 N–H and O–H groups in total. The molecule has 1 aromatic rings. The summed E-state index contributed by atoms with van der Waals surface area (Å²) in [5.74, 6) is 0.679. The highest BCUT2D eigenvalue weighted by atomic mass is 35.5. The topological polar surface area (TPSA) is 55.8 Å². The number of carbonyl (C=O) groups excluding carboxylic acids is 2. The van der Waals surface area contributed by atoms with Crippen LogP contribution in [0.5, 0.6) is 11.5 Å². The van der Waals surface area contributed by atoms with Crippen molar-refractivity contribution in [3.8, 4) is 11.5 Å². The monoisotopic (exact) mass is 369 g/mol. The Hall–Kier alpha value is -1.66. The second-order valence-corrected chi connectivity index (χ2v) is 6.70. The molecule has 130 valence electrons. The number of benzene rings is 1. The lowest BCUT2D eigenvalue weighted by Gasteiger charge is -2.17. The molecule has 1 fully saturated rings. The lowest BCUT2D eigenvalue weighted by Crippen LogP contribution is -2.27. The molecule has 2 rings (SSSR count). The first-order chi connectivity index (χ1) is 11.4. The molecule has 0 radical (unpaired) electrons. The number of hydrogen-bond acceptors (Lipinski definition) is 5. The summed E-state index contributed by atoms with van der Waals surface area (Å²) in [4.78, 5) is 25.5. The number of thioether (sulfide) groups is 1. The zero-order chi connectivity index (χ0) is 17.9. The second kappa shape index (κ2) is 7.94. The molecule has 7 heteroatoms. The number of rotatable bonds is 6. The van der Waals surface area contributed by atoms with Gasteiger partial charge in [-0.2, -0.15) is 0 Å². The zero-order valence-electron chi connectivity index (χ0n) is 14.1. The third kappa shape index (κ3) is 3.87. The highest BCUT2D eigenvalue weighted by molar-refractivity contribution is 8.18. The van der Waals surface area contributed by atoms with Crippen molar-refractivity contribution in [3.05, 3.63) is 27.6 Å². The van der Waals surface area contributed by atoms with Crippen LogP contribution >= 0.6 is 23.4 Å². The molecule has 1 aromatic carbocycles. The number of likely N-dealkylation sites (N-methyl/N-ethyl adjacent to an activating group) is 1. The number of nitrogens with zero attached hydrogens (tertiary/aromatic N) is 1. The van der Waals surface area contributed by atoms with Crippen LogP contribution in [0.25, 0.3) is 6.08 Å². The van der Waals surface area contributed by atoms with Crippen LogP contribution in [-0.2, 0) is 4.79 Å². The molecule has 0 aliphatic carbocycles. The van der Waals surface area contributed by atoms with Gasteiger partial charge >= 0.3 is 0 Å². The van der Waals surface area contributed by atoms with Gasteiger partial charge in [0.1, 0.15) is 0 Å². The van der Waals surface area contributed by atoms with Gasteiger partial charge < -0.3 is 9.47 Å². The summed E-state index contributed by atoms with van der Waals surface area (Å²) in [5, 5.41) is 0.138. The van der Waals surface area contributed by atoms with Crippen LogP contribution in [0.2, 0.25) is 5.02 Å². The van der Waals surface area contributed by atoms with Gasteiger partial charge in [-0.15, -0.1) is 0 Å². The summed E-state index contributed by atoms with van der Waals surface area (Å²) in [6, 6.07) is 3.44. The maximum absolute atomic E-state index is 12.2. The van der Waals surface area contributed by atoms with E-state index in [0.29, 0.717) is 33.5 Å². The summed E-state index contributed by atoms with van der Waals surface area (Å²) in [7, 11) is 1.53. The number of carbonyl (C=O) groups is 2. The molecule has 1 aliphatic heterocycles. The summed E-state index contributed by atoms with van der Waals surface area (Å²) in [6.07, 6.45) is 2.48. The molecule has 24 heavy (non-hydrogen) atoms. The predicted octanol–water partition coefficient (Wildman–Crippen LogP) is 4.58. The minimum atomic E-state index is -0.289. The summed E-state index contributed by atoms with van der Waals surface area (Å²) in [6.45, 7) is 6.09. The Balaban J connectivity index is 2.36. The lowest BCUT2D eigenvalue weighted by molar-refractivity contribution is -0.122. The van der Waals surface area contributed by atoms with Crippen molar-refractivity contribution in [2.24, 2.45) is 0 Å². The van der Waals surface area contributed by atoms with Crippen LogP contribution < -0.4 is 9.47 Å². The minimum absolute atomic E-state index is 0.00306. The first-order valence-electron chi connectivity index (χ1n) is 7.70. The second-order valence-electron chi connectivity index (χ2n) is 5.30. The van der Waals surface area contributed by atoms with E-state index in [-0.39, 0.29) is 17.3 Å². The fourth-order valence-corrected chi connectivity index (χ4v) is 3.31. The molecule has 0 spiro atoms. The Morgan fingerprint density at radius 2 is 2.04 bits per heavy atom. The van der Waals surface area contributed by atoms with Gasteiger partial charge in [-0.3, -0.25) is 14.5 Å². The summed E-state index contributed by atoms with van der Waals surface area (Å²) >= 11 is 7.24. The number of amides is 2. The van der Waals surface area contributed by atoms with E-state index in [4.69, 9.17) is 21.1 Å². The molecular weight excluding hydrogens is 350 g/mol. The number of methoxy groups -OCH3 is 1. The van der Waals surface area contributed by atoms with E-state index in [0.717, 1.165) is 18.2 Å². The van der Waals surface area contributed by atoms with E-state index in [1.165, 1.54) is 12.0 Å². The van der Waals surface area contributed by atoms with E-state index >= 15 is 0 Å². The lowest BCUT2D eigenvalue weighted by atomic mass is 10.1. The first-order valence-corrected chi connectivity index (χ1v) is 8.90. The van der Waals surface area contributed by atoms with Gasteiger partial charge in [0.25, 0.3) is 11.1 Å². The Morgan fingerprint density at radius 1 is 1.33 bits per heavy atom. The molecule has 0 saturated carbocycles. The van der Waals surface area contributed by atoms with E-state index in [1.807, 2.05) is 13.8 Å². The Bertz CT molecular complexity index is 689. The average Bonchev–Trinajstić information content (AvgIpc) is 2.82. The molecule has 1 saturated heterocycles. The zero-order valence-corrected chi connectivity index (χ0v) is 15.7. The predicted molar refractivity (Wildman–Crippen MR) is 96.7 cm³/mol. The average molecular weight is 370 g/mol. The van der Waals surface area contributed by atoms with Gasteiger partial charge in [0.05, 0.1) is 23.1 Å². The molecule has 0 unspecified atom stereocenters. The maximum atomic E-state index is 12.2. The van der Waals surface area contributed by atoms with Crippen LogP contribution in [0.3, 0.4) is 0 Å². The third-order valence-corrected chi connectivity index (χ3v) is 4.82. The molecule has 0 aromatic heterocycles. The Labute approximate surface area is 150 Å². The van der Waals surface area contributed by atoms with Crippen LogP contribution in [0.4, 0.5) is 4.79 Å². The van der Waals surface area contributed by atoms with E-state index in [1.54, 1.807) is 25.1 Å². The molecule has 2 amide bonds. The van der Waals surface area contributed by atoms with E-state index in [2.05, 4.69) is 0 Å². The van der Waals surface area contributed by atoms with Gasteiger partial charge in [0, 0.05) is 6.54 Å². The SMILES string of the molecule is CC[C@@H](C)Oc1c(Cl)cc(/C=C2/SC(=O)N(CC)C2=O)cc1OC. The summed E-state index contributed by atoms with van der Waals surface area (Å²) in [5.41, 5.74) is 0.676. The van der Waals surface area contributed by atoms with Crippen molar-refractivity contribution in [3.63, 3.8) is 0 Å². The number of halogens is 1. The molecular formula is C17H20ClNO4S. The molecule has 1 atom stereocenters. The van der Waals surface area contributed by atoms with Gasteiger partial charge in [-0.05, 0) is 55.8 Å². The highest BCUT2D eigenvalue weighted by Crippen LogP contribution is 2.39. The van der Waals surface area contributed by atoms with Gasteiger partial charge in [0.15, 0.2) is 11.5 Å². The standard InChI is InChI=1S/C17H20ClNO4S/c1-5-10(3)23-15-12(18)7-11(8-13(15)22-4)9-14-16(20)19(6-2)17(21)24-14/h7-10H,5-6H2,1-4H3/b14-9+/t10-/m1/s1. The van der Waals surface area contributed by atoms with Crippen LogP contribution in [-0.4, -0.2) is 35.8 Å². The maximum Gasteiger partial charge on any atom is 0.293 e. The number of imide groups is 1. The van der Waals surface area contributed by atoms with E-state index < -0.39 is 0 Å². The van der Waals surface area contributed by atoms with Crippen molar-refractivity contribution < 1.29 is 19.1 Å². The number of hydrogen-bond donors (Lipinski definition) is 0. The fourth-order valence-electron chi connectivity index (χ4n) is 2.15. The minimum Gasteiger partial charge on any atom is -0.493 e.